The zero-order valence-electron chi connectivity index (χ0n) is 9.69. The molecule has 1 aromatic rings. The maximum atomic E-state index is 11.7. The average molecular weight is 332 g/mol. The topological polar surface area (TPSA) is 66.4 Å². The van der Waals surface area contributed by atoms with Crippen LogP contribution in [-0.4, -0.2) is 23.0 Å². The number of carbonyl (C=O) groups excluding carboxylic acids is 1. The Hall–Kier alpha value is -1.14. The molecule has 0 aromatic carbocycles. The van der Waals surface area contributed by atoms with Gasteiger partial charge in [0.1, 0.15) is 6.04 Å². The molecular formula is C12H14BrNO3S. The number of rotatable bonds is 7. The normalized spacial score (nSPS) is 11.8. The minimum absolute atomic E-state index is 0.203. The number of nitrogens with one attached hydrogen (secondary N) is 1. The maximum Gasteiger partial charge on any atom is 0.326 e. The molecule has 6 heteroatoms. The Bertz CT molecular complexity index is 444. The standard InChI is InChI=1S/C12H14BrNO3S/c1-2-3-4-9(12(16)17)14-11(15)7-8-5-6-10(13)18-8/h2,5-6,9H,1,3-4,7H2,(H,14,15)(H,16,17). The summed E-state index contributed by atoms with van der Waals surface area (Å²) in [5.74, 6) is -1.29. The van der Waals surface area contributed by atoms with Crippen LogP contribution in [0.2, 0.25) is 0 Å². The van der Waals surface area contributed by atoms with Crippen LogP contribution in [0.25, 0.3) is 0 Å². The van der Waals surface area contributed by atoms with E-state index in [1.54, 1.807) is 6.08 Å². The van der Waals surface area contributed by atoms with Gasteiger partial charge in [-0.1, -0.05) is 6.08 Å². The van der Waals surface area contributed by atoms with E-state index >= 15 is 0 Å². The van der Waals surface area contributed by atoms with Gasteiger partial charge in [-0.2, -0.15) is 0 Å². The van der Waals surface area contributed by atoms with E-state index in [0.717, 1.165) is 8.66 Å². The molecule has 0 bridgehead atoms. The lowest BCUT2D eigenvalue weighted by molar-refractivity contribution is -0.141. The zero-order valence-corrected chi connectivity index (χ0v) is 12.1. The van der Waals surface area contributed by atoms with E-state index in [0.29, 0.717) is 12.8 Å². The first-order valence-electron chi connectivity index (χ1n) is 5.40. The average Bonchev–Trinajstić information content (AvgIpc) is 2.69. The number of carboxylic acids is 1. The molecule has 4 nitrogen and oxygen atoms in total. The molecule has 1 unspecified atom stereocenters. The van der Waals surface area contributed by atoms with Crippen molar-refractivity contribution in [1.82, 2.24) is 5.32 Å². The van der Waals surface area contributed by atoms with Crippen LogP contribution in [-0.2, 0) is 16.0 Å². The molecule has 0 spiro atoms. The van der Waals surface area contributed by atoms with Gasteiger partial charge in [0.25, 0.3) is 0 Å². The number of carbonyl (C=O) groups is 2. The predicted molar refractivity (Wildman–Crippen MR) is 74.7 cm³/mol. The molecule has 0 saturated carbocycles. The second kappa shape index (κ2) is 7.33. The number of carboxylic acid groups (broad SMARTS) is 1. The minimum atomic E-state index is -1.02. The summed E-state index contributed by atoms with van der Waals surface area (Å²) in [5.41, 5.74) is 0. The lowest BCUT2D eigenvalue weighted by atomic mass is 10.1. The van der Waals surface area contributed by atoms with Crippen molar-refractivity contribution in [2.75, 3.05) is 0 Å². The molecule has 0 saturated heterocycles. The number of amides is 1. The largest absolute Gasteiger partial charge is 0.480 e. The summed E-state index contributed by atoms with van der Waals surface area (Å²) >= 11 is 4.77. The highest BCUT2D eigenvalue weighted by molar-refractivity contribution is 9.11. The van der Waals surface area contributed by atoms with E-state index in [1.165, 1.54) is 11.3 Å². The molecule has 2 N–H and O–H groups in total. The first kappa shape index (κ1) is 14.9. The second-order valence-electron chi connectivity index (χ2n) is 3.71. The van der Waals surface area contributed by atoms with Crippen LogP contribution >= 0.6 is 27.3 Å². The summed E-state index contributed by atoms with van der Waals surface area (Å²) < 4.78 is 0.951. The highest BCUT2D eigenvalue weighted by Crippen LogP contribution is 2.22. The van der Waals surface area contributed by atoms with E-state index < -0.39 is 12.0 Å². The van der Waals surface area contributed by atoms with Crippen LogP contribution in [0.1, 0.15) is 17.7 Å². The SMILES string of the molecule is C=CCCC(NC(=O)Cc1ccc(Br)s1)C(=O)O. The zero-order chi connectivity index (χ0) is 13.5. The van der Waals surface area contributed by atoms with Gasteiger partial charge < -0.3 is 10.4 Å². The third-order valence-corrected chi connectivity index (χ3v) is 3.88. The summed E-state index contributed by atoms with van der Waals surface area (Å²) in [5, 5.41) is 11.5. The Balaban J connectivity index is 2.50. The van der Waals surface area contributed by atoms with E-state index in [4.69, 9.17) is 5.11 Å². The third kappa shape index (κ3) is 5.01. The fraction of sp³-hybridized carbons (Fsp3) is 0.333. The summed E-state index contributed by atoms with van der Waals surface area (Å²) in [6, 6.07) is 2.85. The van der Waals surface area contributed by atoms with Gasteiger partial charge in [-0.25, -0.2) is 4.79 Å². The van der Waals surface area contributed by atoms with Gasteiger partial charge in [0, 0.05) is 4.88 Å². The second-order valence-corrected chi connectivity index (χ2v) is 6.25. The number of hydrogen-bond acceptors (Lipinski definition) is 3. The molecule has 0 aliphatic carbocycles. The van der Waals surface area contributed by atoms with Crippen LogP contribution in [0, 0.1) is 0 Å². The molecule has 18 heavy (non-hydrogen) atoms. The highest BCUT2D eigenvalue weighted by Gasteiger charge is 2.19. The quantitative estimate of drug-likeness (QED) is 0.754. The molecule has 1 heterocycles. The monoisotopic (exact) mass is 331 g/mol. The molecule has 98 valence electrons. The highest BCUT2D eigenvalue weighted by atomic mass is 79.9. The van der Waals surface area contributed by atoms with E-state index in [-0.39, 0.29) is 12.3 Å². The number of allylic oxidation sites excluding steroid dienone is 1. The smallest absolute Gasteiger partial charge is 0.326 e. The molecule has 0 fully saturated rings. The lowest BCUT2D eigenvalue weighted by Crippen LogP contribution is -2.41. The predicted octanol–water partition coefficient (Wildman–Crippen LogP) is 2.59. The Labute approximate surface area is 118 Å². The third-order valence-electron chi connectivity index (χ3n) is 2.26. The maximum absolute atomic E-state index is 11.7. The van der Waals surface area contributed by atoms with Crippen LogP contribution in [0.5, 0.6) is 0 Å². The molecule has 1 rings (SSSR count). The van der Waals surface area contributed by atoms with Gasteiger partial charge in [0.05, 0.1) is 10.2 Å². The van der Waals surface area contributed by atoms with Gasteiger partial charge in [0.2, 0.25) is 5.91 Å². The minimum Gasteiger partial charge on any atom is -0.480 e. The Morgan fingerprint density at radius 3 is 2.78 bits per heavy atom. The molecule has 0 aliphatic heterocycles. The van der Waals surface area contributed by atoms with Crippen molar-refractivity contribution in [3.05, 3.63) is 33.5 Å². The van der Waals surface area contributed by atoms with Crippen LogP contribution in [0.15, 0.2) is 28.6 Å². The van der Waals surface area contributed by atoms with E-state index in [2.05, 4.69) is 27.8 Å². The summed E-state index contributed by atoms with van der Waals surface area (Å²) in [6.07, 6.45) is 2.76. The van der Waals surface area contributed by atoms with Crippen molar-refractivity contribution < 1.29 is 14.7 Å². The fourth-order valence-corrected chi connectivity index (χ4v) is 2.87. The van der Waals surface area contributed by atoms with Crippen LogP contribution in [0.3, 0.4) is 0 Å². The van der Waals surface area contributed by atoms with Gasteiger partial charge in [0.15, 0.2) is 0 Å². The molecular weight excluding hydrogens is 318 g/mol. The van der Waals surface area contributed by atoms with Crippen molar-refractivity contribution in [2.45, 2.75) is 25.3 Å². The Morgan fingerprint density at radius 1 is 1.56 bits per heavy atom. The first-order chi connectivity index (χ1) is 8.52. The molecule has 0 aliphatic rings. The fourth-order valence-electron chi connectivity index (χ4n) is 1.39. The van der Waals surface area contributed by atoms with Gasteiger partial charge >= 0.3 is 5.97 Å². The van der Waals surface area contributed by atoms with Crippen molar-refractivity contribution in [2.24, 2.45) is 0 Å². The van der Waals surface area contributed by atoms with Crippen LogP contribution in [0.4, 0.5) is 0 Å². The number of thiophene rings is 1. The van der Waals surface area contributed by atoms with Gasteiger partial charge in [-0.15, -0.1) is 17.9 Å². The number of halogens is 1. The molecule has 1 amide bonds. The van der Waals surface area contributed by atoms with Gasteiger partial charge in [-0.05, 0) is 40.9 Å². The number of hydrogen-bond donors (Lipinski definition) is 2. The lowest BCUT2D eigenvalue weighted by Gasteiger charge is -2.13. The Morgan fingerprint density at radius 2 is 2.28 bits per heavy atom. The summed E-state index contributed by atoms with van der Waals surface area (Å²) in [7, 11) is 0. The van der Waals surface area contributed by atoms with Crippen molar-refractivity contribution in [3.63, 3.8) is 0 Å². The Kier molecular flexibility index (Phi) is 6.07. The number of aliphatic carboxylic acids is 1. The van der Waals surface area contributed by atoms with Crippen molar-refractivity contribution in [1.29, 1.82) is 0 Å². The molecule has 1 aromatic heterocycles. The van der Waals surface area contributed by atoms with Crippen molar-refractivity contribution >= 4 is 39.1 Å². The van der Waals surface area contributed by atoms with Gasteiger partial charge in [-0.3, -0.25) is 4.79 Å². The van der Waals surface area contributed by atoms with Crippen LogP contribution < -0.4 is 5.32 Å². The molecule has 1 atom stereocenters. The van der Waals surface area contributed by atoms with E-state index in [9.17, 15) is 9.59 Å². The molecule has 0 radical (unpaired) electrons. The summed E-state index contributed by atoms with van der Waals surface area (Å²) in [4.78, 5) is 23.5. The first-order valence-corrected chi connectivity index (χ1v) is 7.01. The summed E-state index contributed by atoms with van der Waals surface area (Å²) in [6.45, 7) is 3.53. The van der Waals surface area contributed by atoms with Crippen molar-refractivity contribution in [3.8, 4) is 0 Å². The van der Waals surface area contributed by atoms with E-state index in [1.807, 2.05) is 12.1 Å².